The number of benzene rings is 1. The number of rotatable bonds is 7. The number of hydrogen-bond donors (Lipinski definition) is 0. The Morgan fingerprint density at radius 3 is 2.64 bits per heavy atom. The lowest BCUT2D eigenvalue weighted by atomic mass is 10.2. The second-order valence-electron chi connectivity index (χ2n) is 6.46. The van der Waals surface area contributed by atoms with Gasteiger partial charge in [-0.1, -0.05) is 17.4 Å². The zero-order chi connectivity index (χ0) is 19.4. The van der Waals surface area contributed by atoms with E-state index < -0.39 is 0 Å². The number of anilines is 1. The first-order valence-corrected chi connectivity index (χ1v) is 9.49. The third-order valence-corrected chi connectivity index (χ3v) is 5.37. The van der Waals surface area contributed by atoms with Crippen LogP contribution >= 0.6 is 23.7 Å². The summed E-state index contributed by atoms with van der Waals surface area (Å²) in [5, 5.41) is 0.645. The quantitative estimate of drug-likeness (QED) is 0.582. The summed E-state index contributed by atoms with van der Waals surface area (Å²) in [6.45, 7) is 3.46. The van der Waals surface area contributed by atoms with Crippen LogP contribution in [0.2, 0.25) is 0 Å². The highest BCUT2D eigenvalue weighted by molar-refractivity contribution is 7.22. The van der Waals surface area contributed by atoms with Gasteiger partial charge < -0.3 is 9.64 Å². The molecule has 7 nitrogen and oxygen atoms in total. The van der Waals surface area contributed by atoms with E-state index in [9.17, 15) is 4.79 Å². The molecule has 0 spiro atoms. The van der Waals surface area contributed by atoms with Crippen molar-refractivity contribution in [2.45, 2.75) is 13.3 Å². The highest BCUT2D eigenvalue weighted by atomic mass is 35.5. The molecule has 0 unspecified atom stereocenters. The first-order valence-electron chi connectivity index (χ1n) is 8.68. The maximum atomic E-state index is 13.1. The molecule has 0 aliphatic rings. The fraction of sp³-hybridized carbons (Fsp3) is 0.368. The van der Waals surface area contributed by atoms with Crippen LogP contribution in [0.25, 0.3) is 10.2 Å². The molecule has 0 aliphatic heterocycles. The number of methoxy groups -OCH3 is 1. The van der Waals surface area contributed by atoms with Crippen molar-refractivity contribution in [1.82, 2.24) is 19.9 Å². The standard InChI is InChI=1S/C19H23N5O2S.ClH/c1-13-6-7-15(26-4)16-17(13)27-19(22-16)24(11-5-10-23(2)3)18(25)14-12-20-8-9-21-14;/h6-9,12H,5,10-11H2,1-4H3;1H. The van der Waals surface area contributed by atoms with Gasteiger partial charge >= 0.3 is 0 Å². The molecule has 0 aliphatic carbocycles. The van der Waals surface area contributed by atoms with Crippen molar-refractivity contribution in [3.8, 4) is 5.75 Å². The molecule has 0 bridgehead atoms. The molecule has 3 rings (SSSR count). The number of halogens is 1. The first kappa shape index (κ1) is 22.0. The molecule has 3 aromatic rings. The first-order chi connectivity index (χ1) is 13.0. The van der Waals surface area contributed by atoms with E-state index in [1.165, 1.54) is 23.7 Å². The maximum Gasteiger partial charge on any atom is 0.280 e. The molecule has 2 heterocycles. The van der Waals surface area contributed by atoms with Crippen molar-refractivity contribution in [1.29, 1.82) is 0 Å². The second-order valence-corrected chi connectivity index (χ2v) is 7.44. The Morgan fingerprint density at radius 2 is 2.00 bits per heavy atom. The Morgan fingerprint density at radius 1 is 1.21 bits per heavy atom. The van der Waals surface area contributed by atoms with Crippen LogP contribution in [0.3, 0.4) is 0 Å². The van der Waals surface area contributed by atoms with Gasteiger partial charge in [-0.05, 0) is 45.6 Å². The van der Waals surface area contributed by atoms with Crippen molar-refractivity contribution in [2.75, 3.05) is 39.2 Å². The van der Waals surface area contributed by atoms with Gasteiger partial charge in [-0.15, -0.1) is 12.4 Å². The average Bonchev–Trinajstić information content (AvgIpc) is 3.11. The van der Waals surface area contributed by atoms with Crippen molar-refractivity contribution >= 4 is 45.0 Å². The topological polar surface area (TPSA) is 71.5 Å². The zero-order valence-corrected chi connectivity index (χ0v) is 18.0. The van der Waals surface area contributed by atoms with Gasteiger partial charge in [0.15, 0.2) is 5.13 Å². The Kier molecular flexibility index (Phi) is 7.68. The van der Waals surface area contributed by atoms with E-state index in [1.807, 2.05) is 33.2 Å². The van der Waals surface area contributed by atoms with Gasteiger partial charge in [-0.3, -0.25) is 14.7 Å². The molecule has 2 aromatic heterocycles. The number of fused-ring (bicyclic) bond motifs is 1. The third-order valence-electron chi connectivity index (χ3n) is 4.16. The minimum Gasteiger partial charge on any atom is -0.494 e. The predicted molar refractivity (Wildman–Crippen MR) is 115 cm³/mol. The molecular weight excluding hydrogens is 398 g/mol. The summed E-state index contributed by atoms with van der Waals surface area (Å²) >= 11 is 1.50. The van der Waals surface area contributed by atoms with Gasteiger partial charge in [0.2, 0.25) is 0 Å². The lowest BCUT2D eigenvalue weighted by Gasteiger charge is -2.20. The van der Waals surface area contributed by atoms with Crippen LogP contribution in [0.1, 0.15) is 22.5 Å². The lowest BCUT2D eigenvalue weighted by Crippen LogP contribution is -2.34. The van der Waals surface area contributed by atoms with Crippen molar-refractivity contribution in [3.63, 3.8) is 0 Å². The summed E-state index contributed by atoms with van der Waals surface area (Å²) in [5.41, 5.74) is 2.20. The van der Waals surface area contributed by atoms with E-state index in [0.717, 1.165) is 28.7 Å². The van der Waals surface area contributed by atoms with Crippen LogP contribution < -0.4 is 9.64 Å². The van der Waals surface area contributed by atoms with Crippen LogP contribution in [-0.4, -0.2) is 60.1 Å². The number of carbonyl (C=O) groups is 1. The normalized spacial score (nSPS) is 10.8. The highest BCUT2D eigenvalue weighted by Crippen LogP contribution is 2.36. The molecular formula is C19H24ClN5O2S. The molecule has 0 N–H and O–H groups in total. The molecule has 1 amide bonds. The maximum absolute atomic E-state index is 13.1. The molecule has 28 heavy (non-hydrogen) atoms. The minimum atomic E-state index is -0.197. The van der Waals surface area contributed by atoms with Gasteiger partial charge in [0, 0.05) is 18.9 Å². The molecule has 1 aromatic carbocycles. The molecule has 0 fully saturated rings. The van der Waals surface area contributed by atoms with E-state index >= 15 is 0 Å². The van der Waals surface area contributed by atoms with E-state index in [2.05, 4.69) is 14.9 Å². The van der Waals surface area contributed by atoms with Crippen molar-refractivity contribution in [2.24, 2.45) is 0 Å². The number of hydrogen-bond acceptors (Lipinski definition) is 7. The summed E-state index contributed by atoms with van der Waals surface area (Å²) in [6, 6.07) is 3.91. The van der Waals surface area contributed by atoms with E-state index in [0.29, 0.717) is 23.1 Å². The van der Waals surface area contributed by atoms with Crippen LogP contribution in [-0.2, 0) is 0 Å². The SMILES string of the molecule is COc1ccc(C)c2sc(N(CCCN(C)C)C(=O)c3cnccn3)nc12.Cl. The summed E-state index contributed by atoms with van der Waals surface area (Å²) in [6.07, 6.45) is 5.39. The predicted octanol–water partition coefficient (Wildman–Crippen LogP) is 3.42. The number of ether oxygens (including phenoxy) is 1. The Hall–Kier alpha value is -2.29. The smallest absolute Gasteiger partial charge is 0.280 e. The molecule has 150 valence electrons. The third kappa shape index (κ3) is 4.76. The van der Waals surface area contributed by atoms with E-state index in [1.54, 1.807) is 18.2 Å². The van der Waals surface area contributed by atoms with Crippen molar-refractivity contribution < 1.29 is 9.53 Å². The number of aromatic nitrogens is 3. The van der Waals surface area contributed by atoms with Crippen LogP contribution in [0, 0.1) is 6.92 Å². The zero-order valence-electron chi connectivity index (χ0n) is 16.4. The Bertz CT molecular complexity index is 933. The average molecular weight is 422 g/mol. The number of aryl methyl sites for hydroxylation is 1. The minimum absolute atomic E-state index is 0. The molecule has 0 saturated heterocycles. The molecule has 0 atom stereocenters. The van der Waals surface area contributed by atoms with Gasteiger partial charge in [0.05, 0.1) is 18.0 Å². The molecule has 0 saturated carbocycles. The van der Waals surface area contributed by atoms with Crippen LogP contribution in [0.5, 0.6) is 5.75 Å². The summed E-state index contributed by atoms with van der Waals surface area (Å²) < 4.78 is 6.47. The largest absolute Gasteiger partial charge is 0.494 e. The number of thiazole rings is 1. The fourth-order valence-corrected chi connectivity index (χ4v) is 3.83. The van der Waals surface area contributed by atoms with Crippen LogP contribution in [0.15, 0.2) is 30.7 Å². The van der Waals surface area contributed by atoms with Gasteiger partial charge in [-0.25, -0.2) is 9.97 Å². The van der Waals surface area contributed by atoms with Gasteiger partial charge in [0.25, 0.3) is 5.91 Å². The summed E-state index contributed by atoms with van der Waals surface area (Å²) in [4.78, 5) is 29.8. The number of amides is 1. The lowest BCUT2D eigenvalue weighted by molar-refractivity contribution is 0.0981. The monoisotopic (exact) mass is 421 g/mol. The van der Waals surface area contributed by atoms with Gasteiger partial charge in [-0.2, -0.15) is 0 Å². The fourth-order valence-electron chi connectivity index (χ4n) is 2.76. The highest BCUT2D eigenvalue weighted by Gasteiger charge is 2.23. The van der Waals surface area contributed by atoms with Crippen LogP contribution in [0.4, 0.5) is 5.13 Å². The molecule has 9 heteroatoms. The van der Waals surface area contributed by atoms with Crippen molar-refractivity contribution in [3.05, 3.63) is 42.0 Å². The Balaban J connectivity index is 0.00000280. The summed E-state index contributed by atoms with van der Waals surface area (Å²) in [7, 11) is 5.66. The van der Waals surface area contributed by atoms with Gasteiger partial charge in [0.1, 0.15) is 17.0 Å². The van der Waals surface area contributed by atoms with E-state index in [-0.39, 0.29) is 18.3 Å². The molecule has 0 radical (unpaired) electrons. The second kappa shape index (κ2) is 9.77. The van der Waals surface area contributed by atoms with E-state index in [4.69, 9.17) is 9.72 Å². The Labute approximate surface area is 174 Å². The number of nitrogens with zero attached hydrogens (tertiary/aromatic N) is 5. The summed E-state index contributed by atoms with van der Waals surface area (Å²) in [5.74, 6) is 0.510. The number of carbonyl (C=O) groups excluding carboxylic acids is 1.